The van der Waals surface area contributed by atoms with Gasteiger partial charge in [-0.25, -0.2) is 9.78 Å². The Morgan fingerprint density at radius 2 is 1.93 bits per heavy atom. The van der Waals surface area contributed by atoms with Gasteiger partial charge in [-0.1, -0.05) is 43.2 Å². The van der Waals surface area contributed by atoms with Gasteiger partial charge in [0, 0.05) is 51.0 Å². The van der Waals surface area contributed by atoms with E-state index < -0.39 is 11.6 Å². The van der Waals surface area contributed by atoms with Crippen LogP contribution >= 0.6 is 24.8 Å². The molecular weight excluding hydrogens is 609 g/mol. The molecule has 1 saturated carbocycles. The molecule has 3 aromatic rings. The topological polar surface area (TPSA) is 128 Å². The van der Waals surface area contributed by atoms with Crippen LogP contribution in [0.3, 0.4) is 0 Å². The number of hydrogen-bond acceptors (Lipinski definition) is 9. The molecule has 0 bridgehead atoms. The highest BCUT2D eigenvalue weighted by Gasteiger charge is 2.42. The van der Waals surface area contributed by atoms with Crippen LogP contribution in [0, 0.1) is 0 Å². The number of rotatable bonds is 10. The summed E-state index contributed by atoms with van der Waals surface area (Å²) in [7, 11) is 2.92. The number of amides is 1. The van der Waals surface area contributed by atoms with Crippen molar-refractivity contribution in [3.05, 3.63) is 66.4 Å². The van der Waals surface area contributed by atoms with E-state index in [0.717, 1.165) is 24.8 Å². The molecule has 0 unspecified atom stereocenters. The molecule has 11 nitrogen and oxygen atoms in total. The quantitative estimate of drug-likeness (QED) is 0.314. The summed E-state index contributed by atoms with van der Waals surface area (Å²) >= 11 is 0. The number of methoxy groups -OCH3 is 2. The van der Waals surface area contributed by atoms with Gasteiger partial charge in [0.25, 0.3) is 5.91 Å². The minimum absolute atomic E-state index is 0. The highest BCUT2D eigenvalue weighted by molar-refractivity contribution is 5.98. The number of aromatic nitrogens is 3. The number of piperazine rings is 1. The molecule has 2 aromatic heterocycles. The van der Waals surface area contributed by atoms with Gasteiger partial charge in [0.15, 0.2) is 5.69 Å². The van der Waals surface area contributed by atoms with Gasteiger partial charge in [-0.2, -0.15) is 0 Å². The summed E-state index contributed by atoms with van der Waals surface area (Å²) in [6.45, 7) is 2.36. The van der Waals surface area contributed by atoms with Gasteiger partial charge in [0.05, 0.1) is 50.1 Å². The van der Waals surface area contributed by atoms with Crippen LogP contribution in [0.2, 0.25) is 0 Å². The van der Waals surface area contributed by atoms with E-state index in [2.05, 4.69) is 15.3 Å². The van der Waals surface area contributed by atoms with Gasteiger partial charge in [-0.05, 0) is 18.9 Å². The van der Waals surface area contributed by atoms with E-state index in [0.29, 0.717) is 61.8 Å². The summed E-state index contributed by atoms with van der Waals surface area (Å²) in [5, 5.41) is 15.0. The standard InChI is InChI=1S/C31H39N5O6.2ClH/c1-40-20-31(39)12-7-6-10-26(31)36-21-34-27(28(36)22-8-4-3-5-9-22)29(37)35-14-13-32-18-24(35)11-15-42-25-16-23(17-33-19-25)30(38)41-2;;/h3-5,8-9,16-17,19,21,24,26,32,39H,6-7,10-15,18,20H2,1-2H3;2*1H/t24-,26-,31-;;/m1../s1. The summed E-state index contributed by atoms with van der Waals surface area (Å²) < 4.78 is 18.1. The van der Waals surface area contributed by atoms with Crippen molar-refractivity contribution >= 4 is 36.7 Å². The minimum atomic E-state index is -1.05. The number of halogens is 2. The lowest BCUT2D eigenvalue weighted by Crippen LogP contribution is -2.54. The summed E-state index contributed by atoms with van der Waals surface area (Å²) in [5.74, 6) is -0.177. The number of imidazole rings is 1. The SMILES string of the molecule is COC[C@]1(O)CCCC[C@H]1n1cnc(C(=O)N2CCNC[C@H]2CCOc2cncc(C(=O)OC)c2)c1-c1ccccc1.Cl.Cl. The third-order valence-corrected chi connectivity index (χ3v) is 8.20. The zero-order chi connectivity index (χ0) is 29.5. The molecule has 1 aliphatic heterocycles. The first-order valence-corrected chi connectivity index (χ1v) is 14.5. The number of hydrogen-bond donors (Lipinski definition) is 2. The average molecular weight is 651 g/mol. The predicted molar refractivity (Wildman–Crippen MR) is 170 cm³/mol. The fraction of sp³-hybridized carbons (Fsp3) is 0.484. The molecule has 1 aromatic carbocycles. The van der Waals surface area contributed by atoms with E-state index in [1.165, 1.54) is 13.3 Å². The van der Waals surface area contributed by atoms with Crippen molar-refractivity contribution in [3.8, 4) is 17.0 Å². The molecule has 3 atom stereocenters. The average Bonchev–Trinajstić information content (AvgIpc) is 3.46. The maximum Gasteiger partial charge on any atom is 0.339 e. The lowest BCUT2D eigenvalue weighted by molar-refractivity contribution is -0.0893. The molecule has 1 aliphatic carbocycles. The van der Waals surface area contributed by atoms with Crippen molar-refractivity contribution in [1.82, 2.24) is 24.8 Å². The third kappa shape index (κ3) is 7.70. The highest BCUT2D eigenvalue weighted by Crippen LogP contribution is 2.41. The number of carbonyl (C=O) groups is 2. The van der Waals surface area contributed by atoms with E-state index in [1.807, 2.05) is 39.8 Å². The number of nitrogens with one attached hydrogen (secondary N) is 1. The maximum atomic E-state index is 14.2. The molecule has 13 heteroatoms. The van der Waals surface area contributed by atoms with Gasteiger partial charge >= 0.3 is 5.97 Å². The lowest BCUT2D eigenvalue weighted by Gasteiger charge is -2.41. The first kappa shape index (κ1) is 35.3. The Kier molecular flexibility index (Phi) is 13.0. The number of carbonyl (C=O) groups excluding carboxylic acids is 2. The van der Waals surface area contributed by atoms with Crippen LogP contribution in [0.25, 0.3) is 11.3 Å². The molecule has 44 heavy (non-hydrogen) atoms. The molecule has 240 valence electrons. The Morgan fingerprint density at radius 3 is 2.68 bits per heavy atom. The lowest BCUT2D eigenvalue weighted by atomic mass is 9.80. The second-order valence-electron chi connectivity index (χ2n) is 10.9. The van der Waals surface area contributed by atoms with Crippen LogP contribution in [0.5, 0.6) is 5.75 Å². The molecule has 1 amide bonds. The normalized spacial score (nSPS) is 21.5. The van der Waals surface area contributed by atoms with Crippen molar-refractivity contribution in [1.29, 1.82) is 0 Å². The third-order valence-electron chi connectivity index (χ3n) is 8.20. The van der Waals surface area contributed by atoms with Crippen LogP contribution < -0.4 is 10.1 Å². The van der Waals surface area contributed by atoms with Crippen LogP contribution in [-0.4, -0.2) is 95.1 Å². The van der Waals surface area contributed by atoms with Gasteiger partial charge in [-0.15, -0.1) is 24.8 Å². The van der Waals surface area contributed by atoms with E-state index in [1.54, 1.807) is 25.7 Å². The number of nitrogens with zero attached hydrogens (tertiary/aromatic N) is 4. The number of benzene rings is 1. The number of esters is 1. The summed E-state index contributed by atoms with van der Waals surface area (Å²) in [5.41, 5.74) is 1.21. The fourth-order valence-electron chi connectivity index (χ4n) is 6.12. The first-order chi connectivity index (χ1) is 20.4. The molecular formula is C31H41Cl2N5O6. The summed E-state index contributed by atoms with van der Waals surface area (Å²) in [6, 6.07) is 11.0. The molecule has 2 N–H and O–H groups in total. The van der Waals surface area contributed by atoms with Crippen LogP contribution in [0.4, 0.5) is 0 Å². The summed E-state index contributed by atoms with van der Waals surface area (Å²) in [6.07, 6.45) is 8.53. The minimum Gasteiger partial charge on any atom is -0.492 e. The summed E-state index contributed by atoms with van der Waals surface area (Å²) in [4.78, 5) is 36.7. The molecule has 3 heterocycles. The highest BCUT2D eigenvalue weighted by atomic mass is 35.5. The Morgan fingerprint density at radius 1 is 1.14 bits per heavy atom. The Bertz CT molecular complexity index is 1370. The zero-order valence-electron chi connectivity index (χ0n) is 25.0. The first-order valence-electron chi connectivity index (χ1n) is 14.5. The predicted octanol–water partition coefficient (Wildman–Crippen LogP) is 3.95. The molecule has 2 fully saturated rings. The van der Waals surface area contributed by atoms with Gasteiger partial charge < -0.3 is 34.1 Å². The van der Waals surface area contributed by atoms with Crippen molar-refractivity contribution in [2.75, 3.05) is 47.1 Å². The molecule has 2 aliphatic rings. The van der Waals surface area contributed by atoms with Crippen LogP contribution in [0.1, 0.15) is 59.0 Å². The van der Waals surface area contributed by atoms with Crippen molar-refractivity contribution in [3.63, 3.8) is 0 Å². The second-order valence-corrected chi connectivity index (χ2v) is 10.9. The van der Waals surface area contributed by atoms with Gasteiger partial charge in [0.1, 0.15) is 11.4 Å². The number of pyridine rings is 1. The monoisotopic (exact) mass is 649 g/mol. The Hall–Kier alpha value is -3.22. The number of aliphatic hydroxyl groups is 1. The Balaban J connectivity index is 0.00000264. The van der Waals surface area contributed by atoms with E-state index in [-0.39, 0.29) is 49.4 Å². The van der Waals surface area contributed by atoms with Crippen molar-refractivity contribution in [2.24, 2.45) is 0 Å². The second kappa shape index (κ2) is 16.2. The van der Waals surface area contributed by atoms with Gasteiger partial charge in [0.2, 0.25) is 0 Å². The smallest absolute Gasteiger partial charge is 0.339 e. The zero-order valence-corrected chi connectivity index (χ0v) is 26.6. The van der Waals surface area contributed by atoms with E-state index >= 15 is 0 Å². The molecule has 0 spiro atoms. The maximum absolute atomic E-state index is 14.2. The van der Waals surface area contributed by atoms with Crippen LogP contribution in [-0.2, 0) is 9.47 Å². The molecule has 1 saturated heterocycles. The molecule has 5 rings (SSSR count). The van der Waals surface area contributed by atoms with E-state index in [4.69, 9.17) is 14.2 Å². The Labute approximate surface area is 270 Å². The van der Waals surface area contributed by atoms with Crippen molar-refractivity contribution < 1.29 is 28.9 Å². The van der Waals surface area contributed by atoms with Crippen molar-refractivity contribution in [2.45, 2.75) is 49.8 Å². The van der Waals surface area contributed by atoms with E-state index in [9.17, 15) is 14.7 Å². The van der Waals surface area contributed by atoms with Crippen LogP contribution in [0.15, 0.2) is 55.1 Å². The largest absolute Gasteiger partial charge is 0.492 e. The fourth-order valence-corrected chi connectivity index (χ4v) is 6.12. The molecule has 0 radical (unpaired) electrons. The van der Waals surface area contributed by atoms with Gasteiger partial charge in [-0.3, -0.25) is 9.78 Å². The number of ether oxygens (including phenoxy) is 3.